The highest BCUT2D eigenvalue weighted by Gasteiger charge is 2.13. The number of unbranched alkanes of at least 4 members (excludes halogenated alkanes) is 27. The van der Waals surface area contributed by atoms with Crippen LogP contribution < -0.4 is 0 Å². The molecule has 0 aliphatic heterocycles. The van der Waals surface area contributed by atoms with Crippen LogP contribution in [0.15, 0.2) is 12.2 Å². The van der Waals surface area contributed by atoms with Crippen LogP contribution in [0.2, 0.25) is 0 Å². The lowest BCUT2D eigenvalue weighted by molar-refractivity contribution is -0.154. The molecular formula is C40H78O4. The van der Waals surface area contributed by atoms with E-state index in [0.29, 0.717) is 19.6 Å². The monoisotopic (exact) mass is 623 g/mol. The molecule has 0 amide bonds. The molecule has 4 nitrogen and oxygen atoms in total. The maximum atomic E-state index is 12.2. The van der Waals surface area contributed by atoms with E-state index >= 15 is 0 Å². The zero-order valence-electron chi connectivity index (χ0n) is 29.9. The third kappa shape index (κ3) is 35.6. The van der Waals surface area contributed by atoms with E-state index in [0.717, 1.165) is 19.3 Å². The number of aliphatic hydroxyl groups is 1. The van der Waals surface area contributed by atoms with E-state index < -0.39 is 6.10 Å². The van der Waals surface area contributed by atoms with E-state index in [2.05, 4.69) is 26.0 Å². The SMILES string of the molecule is CCCCC/C=C\CCCCCCCCOCC(CO)OC(=O)CCCCCCCCCCCCCCCCCCCCC. The lowest BCUT2D eigenvalue weighted by Crippen LogP contribution is -2.27. The summed E-state index contributed by atoms with van der Waals surface area (Å²) in [5.41, 5.74) is 0. The van der Waals surface area contributed by atoms with E-state index in [1.165, 1.54) is 173 Å². The van der Waals surface area contributed by atoms with Crippen LogP contribution >= 0.6 is 0 Å². The minimum Gasteiger partial charge on any atom is -0.457 e. The second kappa shape index (κ2) is 38.3. The number of aliphatic hydroxyl groups excluding tert-OH is 1. The number of hydrogen-bond acceptors (Lipinski definition) is 4. The van der Waals surface area contributed by atoms with E-state index in [-0.39, 0.29) is 12.6 Å². The highest BCUT2D eigenvalue weighted by atomic mass is 16.6. The fourth-order valence-electron chi connectivity index (χ4n) is 5.85. The summed E-state index contributed by atoms with van der Waals surface area (Å²) in [6, 6.07) is 0. The van der Waals surface area contributed by atoms with Crippen molar-refractivity contribution in [3.63, 3.8) is 0 Å². The first-order valence-electron chi connectivity index (χ1n) is 19.8. The first-order chi connectivity index (χ1) is 21.7. The van der Waals surface area contributed by atoms with Gasteiger partial charge in [0.05, 0.1) is 13.2 Å². The molecule has 0 saturated heterocycles. The molecule has 0 aliphatic rings. The van der Waals surface area contributed by atoms with Crippen LogP contribution in [0, 0.1) is 0 Å². The van der Waals surface area contributed by atoms with Crippen molar-refractivity contribution in [3.05, 3.63) is 12.2 Å². The molecule has 1 atom stereocenters. The zero-order chi connectivity index (χ0) is 32.0. The molecule has 0 spiro atoms. The van der Waals surface area contributed by atoms with Crippen LogP contribution in [0.4, 0.5) is 0 Å². The van der Waals surface area contributed by atoms with E-state index in [4.69, 9.17) is 9.47 Å². The van der Waals surface area contributed by atoms with Crippen molar-refractivity contribution in [2.75, 3.05) is 19.8 Å². The van der Waals surface area contributed by atoms with Crippen molar-refractivity contribution in [2.45, 2.75) is 219 Å². The van der Waals surface area contributed by atoms with Gasteiger partial charge in [0.15, 0.2) is 0 Å². The van der Waals surface area contributed by atoms with Gasteiger partial charge >= 0.3 is 5.97 Å². The number of rotatable bonds is 37. The quantitative estimate of drug-likeness (QED) is 0.0425. The molecule has 0 aromatic rings. The van der Waals surface area contributed by atoms with Gasteiger partial charge in [-0.15, -0.1) is 0 Å². The largest absolute Gasteiger partial charge is 0.457 e. The summed E-state index contributed by atoms with van der Waals surface area (Å²) in [5, 5.41) is 9.56. The van der Waals surface area contributed by atoms with E-state index in [9.17, 15) is 9.90 Å². The number of hydrogen-bond donors (Lipinski definition) is 1. The Balaban J connectivity index is 3.38. The molecule has 0 radical (unpaired) electrons. The summed E-state index contributed by atoms with van der Waals surface area (Å²) in [4.78, 5) is 12.2. The molecule has 0 heterocycles. The van der Waals surface area contributed by atoms with Crippen LogP contribution in [0.1, 0.15) is 213 Å². The Morgan fingerprint density at radius 3 is 1.34 bits per heavy atom. The smallest absolute Gasteiger partial charge is 0.306 e. The van der Waals surface area contributed by atoms with Crippen molar-refractivity contribution in [1.82, 2.24) is 0 Å². The fourth-order valence-corrected chi connectivity index (χ4v) is 5.85. The predicted molar refractivity (Wildman–Crippen MR) is 191 cm³/mol. The molecule has 0 fully saturated rings. The third-order valence-corrected chi connectivity index (χ3v) is 8.84. The van der Waals surface area contributed by atoms with Crippen LogP contribution in [-0.4, -0.2) is 37.0 Å². The van der Waals surface area contributed by atoms with Gasteiger partial charge in [0.2, 0.25) is 0 Å². The lowest BCUT2D eigenvalue weighted by atomic mass is 10.0. The highest BCUT2D eigenvalue weighted by molar-refractivity contribution is 5.69. The van der Waals surface area contributed by atoms with Crippen molar-refractivity contribution in [3.8, 4) is 0 Å². The maximum absolute atomic E-state index is 12.2. The van der Waals surface area contributed by atoms with Gasteiger partial charge in [-0.3, -0.25) is 4.79 Å². The summed E-state index contributed by atoms with van der Waals surface area (Å²) in [5.74, 6) is -0.199. The van der Waals surface area contributed by atoms with Crippen LogP contribution in [0.5, 0.6) is 0 Å². The van der Waals surface area contributed by atoms with Gasteiger partial charge < -0.3 is 14.6 Å². The van der Waals surface area contributed by atoms with Crippen molar-refractivity contribution in [2.24, 2.45) is 0 Å². The van der Waals surface area contributed by atoms with E-state index in [1.54, 1.807) is 0 Å². The lowest BCUT2D eigenvalue weighted by Gasteiger charge is -2.15. The molecule has 44 heavy (non-hydrogen) atoms. The molecule has 1 N–H and O–H groups in total. The van der Waals surface area contributed by atoms with Crippen molar-refractivity contribution >= 4 is 5.97 Å². The normalized spacial score (nSPS) is 12.3. The van der Waals surface area contributed by atoms with Gasteiger partial charge in [0, 0.05) is 13.0 Å². The standard InChI is InChI=1S/C40H78O4/c1-3-5-7-9-11-13-15-17-18-19-20-21-22-23-25-27-29-31-33-35-40(42)44-39(37-41)38-43-36-34-32-30-28-26-24-16-14-12-10-8-6-4-2/h12,14,39,41H,3-11,13,15-38H2,1-2H3/b14-12-. The first kappa shape index (κ1) is 43.1. The number of carbonyl (C=O) groups is 1. The Morgan fingerprint density at radius 1 is 0.523 bits per heavy atom. The van der Waals surface area contributed by atoms with Crippen molar-refractivity contribution < 1.29 is 19.4 Å². The minimum atomic E-state index is -0.530. The predicted octanol–water partition coefficient (Wildman–Crippen LogP) is 12.6. The molecule has 262 valence electrons. The summed E-state index contributed by atoms with van der Waals surface area (Å²) < 4.78 is 11.1. The molecule has 0 bridgehead atoms. The Kier molecular flexibility index (Phi) is 37.6. The summed E-state index contributed by atoms with van der Waals surface area (Å²) in [7, 11) is 0. The average Bonchev–Trinajstić information content (AvgIpc) is 3.03. The van der Waals surface area contributed by atoms with Crippen LogP contribution in [0.25, 0.3) is 0 Å². The Morgan fingerprint density at radius 2 is 0.886 bits per heavy atom. The second-order valence-corrected chi connectivity index (χ2v) is 13.4. The summed E-state index contributed by atoms with van der Waals surface area (Å²) in [6.45, 7) is 5.34. The topological polar surface area (TPSA) is 55.8 Å². The molecule has 0 aromatic carbocycles. The van der Waals surface area contributed by atoms with Gasteiger partial charge in [0.1, 0.15) is 6.10 Å². The average molecular weight is 623 g/mol. The van der Waals surface area contributed by atoms with Crippen LogP contribution in [-0.2, 0) is 14.3 Å². The molecule has 0 aliphatic carbocycles. The van der Waals surface area contributed by atoms with Gasteiger partial charge in [-0.1, -0.05) is 180 Å². The Bertz CT molecular complexity index is 576. The van der Waals surface area contributed by atoms with Crippen LogP contribution in [0.3, 0.4) is 0 Å². The minimum absolute atomic E-state index is 0.169. The maximum Gasteiger partial charge on any atom is 0.306 e. The summed E-state index contributed by atoms with van der Waals surface area (Å²) >= 11 is 0. The Labute approximate surface area is 275 Å². The number of esters is 1. The molecule has 0 rings (SSSR count). The highest BCUT2D eigenvalue weighted by Crippen LogP contribution is 2.15. The summed E-state index contributed by atoms with van der Waals surface area (Å²) in [6.07, 6.45) is 44.0. The van der Waals surface area contributed by atoms with Gasteiger partial charge in [-0.2, -0.15) is 0 Å². The van der Waals surface area contributed by atoms with Crippen molar-refractivity contribution in [1.29, 1.82) is 0 Å². The molecular weight excluding hydrogens is 544 g/mol. The molecule has 0 saturated carbocycles. The van der Waals surface area contributed by atoms with Gasteiger partial charge in [0.25, 0.3) is 0 Å². The number of carbonyl (C=O) groups excluding carboxylic acids is 1. The molecule has 1 unspecified atom stereocenters. The second-order valence-electron chi connectivity index (χ2n) is 13.4. The van der Waals surface area contributed by atoms with E-state index in [1.807, 2.05) is 0 Å². The van der Waals surface area contributed by atoms with Gasteiger partial charge in [-0.05, 0) is 38.5 Å². The first-order valence-corrected chi connectivity index (χ1v) is 19.8. The molecule has 4 heteroatoms. The third-order valence-electron chi connectivity index (χ3n) is 8.84. The Hall–Kier alpha value is -0.870. The number of allylic oxidation sites excluding steroid dienone is 2. The fraction of sp³-hybridized carbons (Fsp3) is 0.925. The number of ether oxygens (including phenoxy) is 2. The molecule has 0 aromatic heterocycles. The van der Waals surface area contributed by atoms with Gasteiger partial charge in [-0.25, -0.2) is 0 Å². The zero-order valence-corrected chi connectivity index (χ0v) is 29.9.